The summed E-state index contributed by atoms with van der Waals surface area (Å²) in [4.78, 5) is 72.5. The van der Waals surface area contributed by atoms with E-state index in [2.05, 4.69) is 63.1 Å². The molecule has 14 nitrogen and oxygen atoms in total. The zero-order chi connectivity index (χ0) is 42.0. The summed E-state index contributed by atoms with van der Waals surface area (Å²) >= 11 is 0. The molecule has 2 fully saturated rings. The molecular formula is C45H58N8O6. The number of alkyl carbamates (subject to hydrolysis) is 2. The third kappa shape index (κ3) is 8.44. The quantitative estimate of drug-likeness (QED) is 0.117. The minimum absolute atomic E-state index is 0.0244. The van der Waals surface area contributed by atoms with Gasteiger partial charge in [0.05, 0.1) is 37.8 Å². The fourth-order valence-electron chi connectivity index (χ4n) is 9.23. The second kappa shape index (κ2) is 17.7. The minimum Gasteiger partial charge on any atom is -0.453 e. The van der Waals surface area contributed by atoms with Gasteiger partial charge < -0.3 is 39.9 Å². The number of aromatic nitrogens is 4. The van der Waals surface area contributed by atoms with E-state index in [-0.39, 0.29) is 41.7 Å². The van der Waals surface area contributed by atoms with Crippen LogP contribution in [0.25, 0.3) is 33.6 Å². The number of ether oxygens (including phenoxy) is 2. The van der Waals surface area contributed by atoms with E-state index >= 15 is 0 Å². The van der Waals surface area contributed by atoms with Gasteiger partial charge in [-0.15, -0.1) is 0 Å². The number of aromatic amines is 2. The first kappa shape index (κ1) is 41.5. The third-order valence-electron chi connectivity index (χ3n) is 12.4. The summed E-state index contributed by atoms with van der Waals surface area (Å²) in [5, 5.41) is 5.47. The van der Waals surface area contributed by atoms with E-state index in [9.17, 15) is 19.2 Å². The molecule has 4 amide bonds. The second-order valence-electron chi connectivity index (χ2n) is 16.7. The smallest absolute Gasteiger partial charge is 0.407 e. The molecule has 1 aliphatic heterocycles. The van der Waals surface area contributed by atoms with Gasteiger partial charge in [-0.3, -0.25) is 9.59 Å². The molecule has 1 saturated carbocycles. The number of hydrogen-bond donors (Lipinski definition) is 4. The number of hydrogen-bond acceptors (Lipinski definition) is 8. The van der Waals surface area contributed by atoms with Crippen LogP contribution in [0.3, 0.4) is 0 Å². The summed E-state index contributed by atoms with van der Waals surface area (Å²) in [6.45, 7) is 10.8. The van der Waals surface area contributed by atoms with Crippen molar-refractivity contribution < 1.29 is 28.7 Å². The number of fused-ring (bicyclic) bond motifs is 3. The lowest BCUT2D eigenvalue weighted by Crippen LogP contribution is -2.54. The first-order valence-electron chi connectivity index (χ1n) is 21.1. The number of H-pyrrole nitrogens is 2. The van der Waals surface area contributed by atoms with Crippen LogP contribution in [-0.2, 0) is 31.9 Å². The lowest BCUT2D eigenvalue weighted by molar-refractivity contribution is -0.137. The van der Waals surface area contributed by atoms with Crippen molar-refractivity contribution in [1.29, 1.82) is 0 Å². The number of carbonyl (C=O) groups excluding carboxylic acids is 4. The maximum atomic E-state index is 13.8. The predicted octanol–water partition coefficient (Wildman–Crippen LogP) is 7.14. The van der Waals surface area contributed by atoms with E-state index in [1.165, 1.54) is 19.8 Å². The van der Waals surface area contributed by atoms with Crippen LogP contribution >= 0.6 is 0 Å². The van der Waals surface area contributed by atoms with Crippen LogP contribution in [0, 0.1) is 11.8 Å². The maximum Gasteiger partial charge on any atom is 0.407 e. The van der Waals surface area contributed by atoms with Crippen LogP contribution < -0.4 is 10.6 Å². The van der Waals surface area contributed by atoms with Gasteiger partial charge in [0.1, 0.15) is 23.7 Å². The molecule has 2 aromatic heterocycles. The number of carbonyl (C=O) groups is 4. The molecule has 314 valence electrons. The summed E-state index contributed by atoms with van der Waals surface area (Å²) in [6, 6.07) is 13.5. The van der Waals surface area contributed by atoms with Gasteiger partial charge in [0.2, 0.25) is 11.8 Å². The number of aryl methyl sites for hydroxylation is 2. The molecule has 2 aliphatic carbocycles. The minimum atomic E-state index is -0.680. The van der Waals surface area contributed by atoms with Crippen molar-refractivity contribution in [1.82, 2.24) is 40.4 Å². The Morgan fingerprint density at radius 3 is 2.19 bits per heavy atom. The molecule has 3 heterocycles. The van der Waals surface area contributed by atoms with E-state index in [0.717, 1.165) is 95.9 Å². The molecule has 59 heavy (non-hydrogen) atoms. The Morgan fingerprint density at radius 1 is 0.831 bits per heavy atom. The van der Waals surface area contributed by atoms with Crippen LogP contribution in [0.4, 0.5) is 9.59 Å². The highest BCUT2D eigenvalue weighted by Crippen LogP contribution is 2.40. The number of nitrogens with one attached hydrogen (secondary N) is 4. The Kier molecular flexibility index (Phi) is 12.4. The normalized spacial score (nSPS) is 19.5. The Bertz CT molecular complexity index is 2160. The summed E-state index contributed by atoms with van der Waals surface area (Å²) in [5.74, 6) is 1.32. The van der Waals surface area contributed by atoms with E-state index in [4.69, 9.17) is 19.4 Å². The second-order valence-corrected chi connectivity index (χ2v) is 16.7. The Hall–Kier alpha value is -5.66. The van der Waals surface area contributed by atoms with Crippen molar-refractivity contribution in [2.24, 2.45) is 11.8 Å². The number of likely N-dealkylation sites (tertiary alicyclic amines) is 1. The van der Waals surface area contributed by atoms with E-state index in [1.807, 2.05) is 50.6 Å². The molecule has 0 bridgehead atoms. The molecule has 4 N–H and O–H groups in total. The molecule has 1 saturated heterocycles. The van der Waals surface area contributed by atoms with Crippen LogP contribution in [0.5, 0.6) is 0 Å². The Morgan fingerprint density at radius 2 is 1.51 bits per heavy atom. The van der Waals surface area contributed by atoms with Crippen molar-refractivity contribution >= 4 is 24.0 Å². The zero-order valence-electron chi connectivity index (χ0n) is 35.3. The zero-order valence-corrected chi connectivity index (χ0v) is 35.3. The lowest BCUT2D eigenvalue weighted by Gasteiger charge is -2.35. The summed E-state index contributed by atoms with van der Waals surface area (Å²) in [6.07, 6.45) is 6.81. The third-order valence-corrected chi connectivity index (χ3v) is 12.4. The van der Waals surface area contributed by atoms with Gasteiger partial charge in [0, 0.05) is 36.3 Å². The molecule has 0 radical (unpaired) electrons. The fraction of sp³-hybridized carbons (Fsp3) is 0.511. The SMILES string of the molecule is CCN(C(=O)[C@@H](NC(=O)OC)C(C)C)[C@H]1CCC[C@@H]1c1ncc(-c2ccc(-c3ccc4c(c3)CCc3[nH]c([C@@H]5CCCN5C(=O)[C@@H](NC(=O)OC)C(C)C)nc3-4)cc2)[nH]1. The first-order valence-corrected chi connectivity index (χ1v) is 21.1. The standard InChI is InChI=1S/C45H58N8O6/c1-8-52(42(54)37(25(2)3)50-44(56)58-6)35-12-9-11-32(35)40-46-24-34(48-40)28-16-14-27(15-17-28)29-18-20-31-30(23-29)19-21-33-39(31)49-41(47-33)36-13-10-22-53(36)43(55)38(26(4)5)51-45(57)59-7/h14-18,20,23-26,32,35-38H,8-13,19,21-22H2,1-7H3,(H,46,48)(H,47,49)(H,50,56)(H,51,57)/t32-,35-,36-,37-,38-/m0/s1. The average Bonchev–Trinajstić information content (AvgIpc) is 4.08. The van der Waals surface area contributed by atoms with Gasteiger partial charge in [-0.2, -0.15) is 0 Å². The van der Waals surface area contributed by atoms with Crippen molar-refractivity contribution in [3.63, 3.8) is 0 Å². The van der Waals surface area contributed by atoms with Crippen molar-refractivity contribution in [2.45, 2.75) is 110 Å². The van der Waals surface area contributed by atoms with Gasteiger partial charge in [0.25, 0.3) is 0 Å². The topological polar surface area (TPSA) is 175 Å². The van der Waals surface area contributed by atoms with Gasteiger partial charge in [-0.25, -0.2) is 19.6 Å². The van der Waals surface area contributed by atoms with Crippen LogP contribution in [-0.4, -0.2) is 99.2 Å². The molecule has 5 atom stereocenters. The number of imidazole rings is 2. The highest BCUT2D eigenvalue weighted by molar-refractivity contribution is 5.87. The Labute approximate surface area is 346 Å². The van der Waals surface area contributed by atoms with Gasteiger partial charge >= 0.3 is 12.2 Å². The van der Waals surface area contributed by atoms with E-state index in [0.29, 0.717) is 13.1 Å². The molecule has 14 heteroatoms. The number of amides is 4. The van der Waals surface area contributed by atoms with Crippen molar-refractivity contribution in [2.75, 3.05) is 27.3 Å². The molecule has 4 aromatic rings. The van der Waals surface area contributed by atoms with Crippen molar-refractivity contribution in [3.05, 3.63) is 71.6 Å². The summed E-state index contributed by atoms with van der Waals surface area (Å²) in [5.41, 5.74) is 8.57. The molecule has 0 unspecified atom stereocenters. The van der Waals surface area contributed by atoms with Gasteiger partial charge in [0.15, 0.2) is 0 Å². The van der Waals surface area contributed by atoms with E-state index < -0.39 is 24.3 Å². The van der Waals surface area contributed by atoms with Crippen LogP contribution in [0.2, 0.25) is 0 Å². The van der Waals surface area contributed by atoms with Gasteiger partial charge in [-0.05, 0) is 79.5 Å². The summed E-state index contributed by atoms with van der Waals surface area (Å²) < 4.78 is 9.60. The molecular weight excluding hydrogens is 749 g/mol. The highest BCUT2D eigenvalue weighted by Gasteiger charge is 2.41. The highest BCUT2D eigenvalue weighted by atomic mass is 16.5. The monoisotopic (exact) mass is 806 g/mol. The largest absolute Gasteiger partial charge is 0.453 e. The molecule has 3 aliphatic rings. The van der Waals surface area contributed by atoms with Crippen molar-refractivity contribution in [3.8, 4) is 33.6 Å². The average molecular weight is 807 g/mol. The van der Waals surface area contributed by atoms with Crippen LogP contribution in [0.15, 0.2) is 48.7 Å². The number of nitrogens with zero attached hydrogens (tertiary/aromatic N) is 4. The lowest BCUT2D eigenvalue weighted by atomic mass is 9.89. The van der Waals surface area contributed by atoms with Crippen LogP contribution in [0.1, 0.15) is 102 Å². The Balaban J connectivity index is 1.04. The first-order chi connectivity index (χ1) is 28.4. The fourth-order valence-corrected chi connectivity index (χ4v) is 9.23. The van der Waals surface area contributed by atoms with Gasteiger partial charge in [-0.1, -0.05) is 76.6 Å². The maximum absolute atomic E-state index is 13.8. The number of methoxy groups -OCH3 is 2. The summed E-state index contributed by atoms with van der Waals surface area (Å²) in [7, 11) is 2.61. The predicted molar refractivity (Wildman–Crippen MR) is 224 cm³/mol. The van der Waals surface area contributed by atoms with E-state index in [1.54, 1.807) is 0 Å². The molecule has 7 rings (SSSR count). The molecule has 0 spiro atoms. The number of benzene rings is 2. The number of rotatable bonds is 12. The molecule has 2 aromatic carbocycles. The number of likely N-dealkylation sites (N-methyl/N-ethyl adjacent to an activating group) is 1.